The maximum absolute atomic E-state index is 12.5. The van der Waals surface area contributed by atoms with E-state index >= 15 is 0 Å². The molecule has 0 fully saturated rings. The molecule has 7 nitrogen and oxygen atoms in total. The number of carbonyl (C=O) groups excluding carboxylic acids is 1. The number of anilines is 1. The zero-order chi connectivity index (χ0) is 18.9. The van der Waals surface area contributed by atoms with E-state index in [1.165, 1.54) is 30.3 Å². The fourth-order valence-corrected chi connectivity index (χ4v) is 2.63. The van der Waals surface area contributed by atoms with Crippen LogP contribution < -0.4 is 15.2 Å². The Morgan fingerprint density at radius 2 is 2.08 bits per heavy atom. The van der Waals surface area contributed by atoms with Gasteiger partial charge in [-0.25, -0.2) is 4.98 Å². The molecular weight excluding hydrogens is 353 g/mol. The van der Waals surface area contributed by atoms with Crippen LogP contribution in [0.3, 0.4) is 0 Å². The number of ether oxygens (including phenoxy) is 2. The number of alkyl halides is 3. The highest BCUT2D eigenvalue weighted by Gasteiger charge is 2.31. The molecule has 0 atom stereocenters. The summed E-state index contributed by atoms with van der Waals surface area (Å²) >= 11 is 0. The summed E-state index contributed by atoms with van der Waals surface area (Å²) in [5.41, 5.74) is 7.45. The summed E-state index contributed by atoms with van der Waals surface area (Å²) in [6, 6.07) is 4.40. The van der Waals surface area contributed by atoms with Crippen molar-refractivity contribution >= 4 is 11.7 Å². The van der Waals surface area contributed by atoms with Crippen LogP contribution in [-0.4, -0.2) is 40.7 Å². The van der Waals surface area contributed by atoms with Gasteiger partial charge in [0.05, 0.1) is 20.2 Å². The summed E-state index contributed by atoms with van der Waals surface area (Å²) in [5.74, 6) is -0.0557. The standard InChI is InChI=1S/C16H15F3N4O3/c1-25-14-9(2-3-12(22-14)26-8-16(17,18)19)6-23-7-11-10(15(23)24)4-5-21-13(11)20/h2-5H,6-8H2,1H3,(H2,20,21). The van der Waals surface area contributed by atoms with Crippen LogP contribution in [0.4, 0.5) is 19.0 Å². The van der Waals surface area contributed by atoms with Crippen LogP contribution in [0.2, 0.25) is 0 Å². The Labute approximate surface area is 146 Å². The Hall–Kier alpha value is -3.04. The molecule has 138 valence electrons. The summed E-state index contributed by atoms with van der Waals surface area (Å²) < 4.78 is 46.4. The summed E-state index contributed by atoms with van der Waals surface area (Å²) in [6.07, 6.45) is -3.00. The van der Waals surface area contributed by atoms with Crippen LogP contribution in [0.25, 0.3) is 0 Å². The lowest BCUT2D eigenvalue weighted by Crippen LogP contribution is -2.24. The van der Waals surface area contributed by atoms with E-state index in [0.717, 1.165) is 0 Å². The lowest BCUT2D eigenvalue weighted by Gasteiger charge is -2.18. The van der Waals surface area contributed by atoms with Gasteiger partial charge in [-0.1, -0.05) is 0 Å². The first-order chi connectivity index (χ1) is 12.3. The number of carbonyl (C=O) groups is 1. The number of halogens is 3. The zero-order valence-corrected chi connectivity index (χ0v) is 13.7. The Morgan fingerprint density at radius 3 is 2.73 bits per heavy atom. The van der Waals surface area contributed by atoms with Gasteiger partial charge < -0.3 is 20.1 Å². The molecule has 0 radical (unpaired) electrons. The van der Waals surface area contributed by atoms with Crippen molar-refractivity contribution in [2.24, 2.45) is 0 Å². The van der Waals surface area contributed by atoms with Gasteiger partial charge in [0.15, 0.2) is 6.61 Å². The number of nitrogen functional groups attached to an aromatic ring is 1. The monoisotopic (exact) mass is 368 g/mol. The fraction of sp³-hybridized carbons (Fsp3) is 0.312. The van der Waals surface area contributed by atoms with Crippen LogP contribution in [0, 0.1) is 0 Å². The third-order valence-electron chi connectivity index (χ3n) is 3.81. The molecule has 3 heterocycles. The molecule has 0 saturated heterocycles. The van der Waals surface area contributed by atoms with Crippen LogP contribution in [0.1, 0.15) is 21.5 Å². The maximum atomic E-state index is 12.5. The number of amides is 1. The SMILES string of the molecule is COc1nc(OCC(F)(F)F)ccc1CN1Cc2c(ccnc2N)C1=O. The highest BCUT2D eigenvalue weighted by Crippen LogP contribution is 2.30. The van der Waals surface area contributed by atoms with Gasteiger partial charge in [0.2, 0.25) is 11.8 Å². The van der Waals surface area contributed by atoms with E-state index in [2.05, 4.69) is 14.7 Å². The molecular formula is C16H15F3N4O3. The Bertz CT molecular complexity index is 842. The van der Waals surface area contributed by atoms with Gasteiger partial charge in [0.25, 0.3) is 5.91 Å². The summed E-state index contributed by atoms with van der Waals surface area (Å²) in [7, 11) is 1.34. The molecule has 10 heteroatoms. The van der Waals surface area contributed by atoms with Crippen molar-refractivity contribution in [3.8, 4) is 11.8 Å². The second-order valence-corrected chi connectivity index (χ2v) is 5.61. The molecule has 2 N–H and O–H groups in total. The first kappa shape index (κ1) is 17.8. The second-order valence-electron chi connectivity index (χ2n) is 5.61. The average Bonchev–Trinajstić information content (AvgIpc) is 2.91. The van der Waals surface area contributed by atoms with Gasteiger partial charge in [-0.05, 0) is 12.1 Å². The Balaban J connectivity index is 1.76. The van der Waals surface area contributed by atoms with E-state index in [1.54, 1.807) is 6.07 Å². The molecule has 2 aromatic heterocycles. The minimum Gasteiger partial charge on any atom is -0.481 e. The minimum absolute atomic E-state index is 0.0829. The predicted octanol–water partition coefficient (Wildman–Crippen LogP) is 2.16. The Morgan fingerprint density at radius 1 is 1.31 bits per heavy atom. The highest BCUT2D eigenvalue weighted by atomic mass is 19.4. The van der Waals surface area contributed by atoms with Gasteiger partial charge in [-0.15, -0.1) is 0 Å². The van der Waals surface area contributed by atoms with E-state index in [-0.39, 0.29) is 30.8 Å². The third-order valence-corrected chi connectivity index (χ3v) is 3.81. The van der Waals surface area contributed by atoms with Crippen molar-refractivity contribution in [1.29, 1.82) is 0 Å². The summed E-state index contributed by atoms with van der Waals surface area (Å²) in [6.45, 7) is -1.01. The number of hydrogen-bond donors (Lipinski definition) is 1. The van der Waals surface area contributed by atoms with E-state index in [0.29, 0.717) is 22.5 Å². The van der Waals surface area contributed by atoms with Crippen molar-refractivity contribution in [3.05, 3.63) is 41.1 Å². The number of hydrogen-bond acceptors (Lipinski definition) is 6. The van der Waals surface area contributed by atoms with Crippen LogP contribution in [0.15, 0.2) is 24.4 Å². The molecule has 0 unspecified atom stereocenters. The largest absolute Gasteiger partial charge is 0.481 e. The Kier molecular flexibility index (Phi) is 4.58. The molecule has 26 heavy (non-hydrogen) atoms. The first-order valence-electron chi connectivity index (χ1n) is 7.54. The van der Waals surface area contributed by atoms with Gasteiger partial charge in [0, 0.05) is 29.0 Å². The van der Waals surface area contributed by atoms with Gasteiger partial charge in [0.1, 0.15) is 5.82 Å². The van der Waals surface area contributed by atoms with Gasteiger partial charge in [-0.3, -0.25) is 4.79 Å². The number of fused-ring (bicyclic) bond motifs is 1. The molecule has 0 spiro atoms. The summed E-state index contributed by atoms with van der Waals surface area (Å²) in [5, 5.41) is 0. The predicted molar refractivity (Wildman–Crippen MR) is 84.6 cm³/mol. The van der Waals surface area contributed by atoms with Crippen molar-refractivity contribution in [2.75, 3.05) is 19.5 Å². The van der Waals surface area contributed by atoms with Crippen LogP contribution in [0.5, 0.6) is 11.8 Å². The van der Waals surface area contributed by atoms with Crippen molar-refractivity contribution in [2.45, 2.75) is 19.3 Å². The molecule has 2 aromatic rings. The lowest BCUT2D eigenvalue weighted by atomic mass is 10.2. The number of methoxy groups -OCH3 is 1. The number of rotatable bonds is 5. The topological polar surface area (TPSA) is 90.6 Å². The highest BCUT2D eigenvalue weighted by molar-refractivity contribution is 5.99. The minimum atomic E-state index is -4.46. The lowest BCUT2D eigenvalue weighted by molar-refractivity contribution is -0.154. The normalized spacial score (nSPS) is 13.7. The van der Waals surface area contributed by atoms with Gasteiger partial charge in [-0.2, -0.15) is 18.2 Å². The number of nitrogens with two attached hydrogens (primary N) is 1. The molecule has 0 bridgehead atoms. The summed E-state index contributed by atoms with van der Waals surface area (Å²) in [4.78, 5) is 21.9. The zero-order valence-electron chi connectivity index (χ0n) is 13.7. The first-order valence-corrected chi connectivity index (χ1v) is 7.54. The van der Waals surface area contributed by atoms with Crippen LogP contribution in [-0.2, 0) is 13.1 Å². The van der Waals surface area contributed by atoms with Gasteiger partial charge >= 0.3 is 6.18 Å². The third kappa shape index (κ3) is 3.63. The fourth-order valence-electron chi connectivity index (χ4n) is 2.63. The number of aromatic nitrogens is 2. The average molecular weight is 368 g/mol. The quantitative estimate of drug-likeness (QED) is 0.870. The van der Waals surface area contributed by atoms with E-state index < -0.39 is 12.8 Å². The number of pyridine rings is 2. The van der Waals surface area contributed by atoms with Crippen molar-refractivity contribution in [3.63, 3.8) is 0 Å². The molecule has 1 amide bonds. The van der Waals surface area contributed by atoms with E-state index in [1.807, 2.05) is 0 Å². The van der Waals surface area contributed by atoms with E-state index in [4.69, 9.17) is 10.5 Å². The molecule has 0 aromatic carbocycles. The van der Waals surface area contributed by atoms with Crippen molar-refractivity contribution < 1.29 is 27.4 Å². The number of nitrogens with zero attached hydrogens (tertiary/aromatic N) is 3. The molecule has 1 aliphatic rings. The molecule has 0 saturated carbocycles. The second kappa shape index (κ2) is 6.70. The molecule has 1 aliphatic heterocycles. The van der Waals surface area contributed by atoms with Crippen LogP contribution >= 0.6 is 0 Å². The van der Waals surface area contributed by atoms with Crippen molar-refractivity contribution in [1.82, 2.24) is 14.9 Å². The van der Waals surface area contributed by atoms with E-state index in [9.17, 15) is 18.0 Å². The maximum Gasteiger partial charge on any atom is 0.422 e. The smallest absolute Gasteiger partial charge is 0.422 e. The molecule has 3 rings (SSSR count). The molecule has 0 aliphatic carbocycles.